The van der Waals surface area contributed by atoms with Crippen molar-refractivity contribution in [1.29, 1.82) is 0 Å². The Kier molecular flexibility index (Phi) is 5.43. The first-order valence-corrected chi connectivity index (χ1v) is 7.69. The topological polar surface area (TPSA) is 35.2 Å². The van der Waals surface area contributed by atoms with Gasteiger partial charge in [0.25, 0.3) is 0 Å². The number of benzene rings is 2. The number of halogens is 4. The third kappa shape index (κ3) is 4.07. The Balaban J connectivity index is 2.22. The Morgan fingerprint density at radius 3 is 2.62 bits per heavy atom. The molecular formula is C14H9BrCl2FNOS. The highest BCUT2D eigenvalue weighted by Crippen LogP contribution is 2.34. The summed E-state index contributed by atoms with van der Waals surface area (Å²) in [5.74, 6) is -0.0423. The number of rotatable bonds is 4. The van der Waals surface area contributed by atoms with Gasteiger partial charge >= 0.3 is 0 Å². The van der Waals surface area contributed by atoms with Crippen LogP contribution in [-0.4, -0.2) is 4.99 Å². The largest absolute Gasteiger partial charge is 0.487 e. The summed E-state index contributed by atoms with van der Waals surface area (Å²) in [4.78, 5) is 0.195. The van der Waals surface area contributed by atoms with E-state index in [1.54, 1.807) is 18.2 Å². The van der Waals surface area contributed by atoms with Gasteiger partial charge in [-0.3, -0.25) is 0 Å². The normalized spacial score (nSPS) is 10.5. The molecule has 0 aliphatic heterocycles. The zero-order valence-corrected chi connectivity index (χ0v) is 14.4. The van der Waals surface area contributed by atoms with Crippen LogP contribution in [0.2, 0.25) is 10.0 Å². The van der Waals surface area contributed by atoms with Crippen LogP contribution in [0.15, 0.2) is 34.8 Å². The van der Waals surface area contributed by atoms with E-state index in [0.717, 1.165) is 0 Å². The van der Waals surface area contributed by atoms with Gasteiger partial charge in [0, 0.05) is 21.7 Å². The molecule has 2 rings (SSSR count). The van der Waals surface area contributed by atoms with Crippen molar-refractivity contribution in [2.75, 3.05) is 0 Å². The van der Waals surface area contributed by atoms with Crippen molar-refractivity contribution in [3.05, 3.63) is 61.8 Å². The molecule has 2 nitrogen and oxygen atoms in total. The predicted octanol–water partition coefficient (Wildman–Crippen LogP) is 5.11. The maximum Gasteiger partial charge on any atom is 0.139 e. The maximum absolute atomic E-state index is 13.7. The summed E-state index contributed by atoms with van der Waals surface area (Å²) in [6, 6.07) is 7.53. The fourth-order valence-electron chi connectivity index (χ4n) is 1.61. The van der Waals surface area contributed by atoms with E-state index in [-0.39, 0.29) is 11.6 Å². The zero-order chi connectivity index (χ0) is 15.6. The molecule has 0 spiro atoms. The summed E-state index contributed by atoms with van der Waals surface area (Å²) in [6.07, 6.45) is 0. The van der Waals surface area contributed by atoms with E-state index in [0.29, 0.717) is 31.4 Å². The highest BCUT2D eigenvalue weighted by molar-refractivity contribution is 9.10. The Morgan fingerprint density at radius 2 is 1.95 bits per heavy atom. The Labute approximate surface area is 145 Å². The average molecular weight is 409 g/mol. The maximum atomic E-state index is 13.7. The van der Waals surface area contributed by atoms with Crippen LogP contribution in [0.3, 0.4) is 0 Å². The minimum atomic E-state index is -0.408. The Hall–Kier alpha value is -0.880. The van der Waals surface area contributed by atoms with Crippen molar-refractivity contribution in [2.45, 2.75) is 6.61 Å². The van der Waals surface area contributed by atoms with Gasteiger partial charge in [0.1, 0.15) is 23.2 Å². The molecule has 0 aliphatic rings. The average Bonchev–Trinajstić information content (AvgIpc) is 2.42. The molecule has 0 amide bonds. The molecule has 110 valence electrons. The highest BCUT2D eigenvalue weighted by atomic mass is 79.9. The van der Waals surface area contributed by atoms with E-state index in [1.165, 1.54) is 12.1 Å². The van der Waals surface area contributed by atoms with Crippen LogP contribution in [0, 0.1) is 5.82 Å². The summed E-state index contributed by atoms with van der Waals surface area (Å²) in [5.41, 5.74) is 6.43. The zero-order valence-electron chi connectivity index (χ0n) is 10.5. The molecule has 0 atom stereocenters. The van der Waals surface area contributed by atoms with Gasteiger partial charge in [-0.25, -0.2) is 4.39 Å². The minimum absolute atomic E-state index is 0.0139. The standard InChI is InChI=1S/C14H9BrCl2FNOS/c15-9-4-11(17)13(5-10(9)16)20-6-8-3-7(14(19)21)1-2-12(8)18/h1-5H,6H2,(H2,19,21). The molecule has 2 N–H and O–H groups in total. The van der Waals surface area contributed by atoms with Crippen LogP contribution in [0.5, 0.6) is 5.75 Å². The quantitative estimate of drug-likeness (QED) is 0.564. The van der Waals surface area contributed by atoms with Crippen LogP contribution >= 0.6 is 51.3 Å². The van der Waals surface area contributed by atoms with Crippen molar-refractivity contribution in [3.8, 4) is 5.75 Å². The summed E-state index contributed by atoms with van der Waals surface area (Å²) < 4.78 is 19.9. The monoisotopic (exact) mass is 407 g/mol. The molecule has 0 fully saturated rings. The minimum Gasteiger partial charge on any atom is -0.487 e. The van der Waals surface area contributed by atoms with Crippen LogP contribution in [0.25, 0.3) is 0 Å². The van der Waals surface area contributed by atoms with E-state index >= 15 is 0 Å². The van der Waals surface area contributed by atoms with Crippen molar-refractivity contribution < 1.29 is 9.13 Å². The number of thiocarbonyl (C=S) groups is 1. The number of ether oxygens (including phenoxy) is 1. The fourth-order valence-corrected chi connectivity index (χ4v) is 2.58. The molecule has 2 aromatic carbocycles. The summed E-state index contributed by atoms with van der Waals surface area (Å²) in [7, 11) is 0. The van der Waals surface area contributed by atoms with Gasteiger partial charge in [-0.05, 0) is 40.2 Å². The smallest absolute Gasteiger partial charge is 0.139 e. The first kappa shape index (κ1) is 16.5. The van der Waals surface area contributed by atoms with Gasteiger partial charge in [-0.2, -0.15) is 0 Å². The highest BCUT2D eigenvalue weighted by Gasteiger charge is 2.10. The number of hydrogen-bond acceptors (Lipinski definition) is 2. The van der Waals surface area contributed by atoms with Crippen LogP contribution in [0.1, 0.15) is 11.1 Å². The van der Waals surface area contributed by atoms with Crippen molar-refractivity contribution in [3.63, 3.8) is 0 Å². The lowest BCUT2D eigenvalue weighted by Gasteiger charge is -2.11. The summed E-state index contributed by atoms with van der Waals surface area (Å²) in [5, 5.41) is 0.823. The molecule has 7 heteroatoms. The molecule has 0 aliphatic carbocycles. The molecule has 2 aromatic rings. The molecule has 0 unspecified atom stereocenters. The van der Waals surface area contributed by atoms with E-state index in [9.17, 15) is 4.39 Å². The Morgan fingerprint density at radius 1 is 1.24 bits per heavy atom. The van der Waals surface area contributed by atoms with E-state index in [1.807, 2.05) is 0 Å². The van der Waals surface area contributed by atoms with Crippen molar-refractivity contribution in [2.24, 2.45) is 5.73 Å². The van der Waals surface area contributed by atoms with Gasteiger partial charge in [0.05, 0.1) is 10.0 Å². The lowest BCUT2D eigenvalue weighted by molar-refractivity contribution is 0.300. The third-order valence-electron chi connectivity index (χ3n) is 2.69. The van der Waals surface area contributed by atoms with Crippen LogP contribution in [-0.2, 0) is 6.61 Å². The molecular weight excluding hydrogens is 400 g/mol. The lowest BCUT2D eigenvalue weighted by Crippen LogP contribution is -2.10. The predicted molar refractivity (Wildman–Crippen MR) is 90.8 cm³/mol. The second kappa shape index (κ2) is 6.92. The van der Waals surface area contributed by atoms with Gasteiger partial charge in [-0.15, -0.1) is 0 Å². The summed E-state index contributed by atoms with van der Waals surface area (Å²) >= 11 is 20.1. The number of hydrogen-bond donors (Lipinski definition) is 1. The van der Waals surface area contributed by atoms with Crippen molar-refractivity contribution in [1.82, 2.24) is 0 Å². The van der Waals surface area contributed by atoms with E-state index in [4.69, 9.17) is 45.9 Å². The molecule has 0 bridgehead atoms. The second-order valence-electron chi connectivity index (χ2n) is 4.16. The first-order valence-electron chi connectivity index (χ1n) is 5.74. The Bertz CT molecular complexity index is 712. The molecule has 0 radical (unpaired) electrons. The molecule has 21 heavy (non-hydrogen) atoms. The molecule has 0 saturated heterocycles. The van der Waals surface area contributed by atoms with E-state index in [2.05, 4.69) is 15.9 Å². The fraction of sp³-hybridized carbons (Fsp3) is 0.0714. The molecule has 0 aromatic heterocycles. The third-order valence-corrected chi connectivity index (χ3v) is 4.42. The lowest BCUT2D eigenvalue weighted by atomic mass is 10.1. The van der Waals surface area contributed by atoms with Gasteiger partial charge < -0.3 is 10.5 Å². The van der Waals surface area contributed by atoms with Crippen LogP contribution < -0.4 is 10.5 Å². The van der Waals surface area contributed by atoms with Crippen molar-refractivity contribution >= 4 is 56.3 Å². The van der Waals surface area contributed by atoms with Crippen LogP contribution in [0.4, 0.5) is 4.39 Å². The number of nitrogens with two attached hydrogens (primary N) is 1. The molecule has 0 saturated carbocycles. The van der Waals surface area contributed by atoms with Gasteiger partial charge in [0.15, 0.2) is 0 Å². The van der Waals surface area contributed by atoms with Gasteiger partial charge in [0.2, 0.25) is 0 Å². The first-order chi connectivity index (χ1) is 9.88. The van der Waals surface area contributed by atoms with Gasteiger partial charge in [-0.1, -0.05) is 35.4 Å². The molecule has 0 heterocycles. The SMILES string of the molecule is NC(=S)c1ccc(F)c(COc2cc(Cl)c(Br)cc2Cl)c1. The van der Waals surface area contributed by atoms with E-state index < -0.39 is 5.82 Å². The second-order valence-corrected chi connectivity index (χ2v) is 6.26. The summed E-state index contributed by atoms with van der Waals surface area (Å²) in [6.45, 7) is -0.0139.